The minimum Gasteiger partial charge on any atom is -0.481 e. The molecule has 2 rings (SSSR count). The number of carboxylic acid groups (broad SMARTS) is 1. The number of hydrogen-bond donors (Lipinski definition) is 1. The van der Waals surface area contributed by atoms with Gasteiger partial charge in [0.05, 0.1) is 10.4 Å². The summed E-state index contributed by atoms with van der Waals surface area (Å²) >= 11 is 5.77. The van der Waals surface area contributed by atoms with Gasteiger partial charge in [-0.15, -0.1) is 0 Å². The minimum absolute atomic E-state index is 0.111. The lowest BCUT2D eigenvalue weighted by atomic mass is 9.83. The van der Waals surface area contributed by atoms with Crippen molar-refractivity contribution in [3.63, 3.8) is 0 Å². The standard InChI is InChI=1S/C15H19ClFNO2/c1-2-5-15(14(19)20)6-7-18(10-15)9-11-3-4-13(17)12(16)8-11/h3-4,8H,2,5-7,9-10H2,1H3,(H,19,20). The second kappa shape index (κ2) is 6.10. The normalized spacial score (nSPS) is 23.1. The van der Waals surface area contributed by atoms with Crippen LogP contribution in [0.25, 0.3) is 0 Å². The molecule has 0 spiro atoms. The van der Waals surface area contributed by atoms with Crippen molar-refractivity contribution in [1.82, 2.24) is 4.90 Å². The van der Waals surface area contributed by atoms with Gasteiger partial charge in [0.1, 0.15) is 5.82 Å². The first kappa shape index (κ1) is 15.3. The largest absolute Gasteiger partial charge is 0.481 e. The van der Waals surface area contributed by atoms with Crippen molar-refractivity contribution >= 4 is 17.6 Å². The monoisotopic (exact) mass is 299 g/mol. The Labute approximate surface area is 123 Å². The van der Waals surface area contributed by atoms with Gasteiger partial charge in [-0.25, -0.2) is 4.39 Å². The van der Waals surface area contributed by atoms with Gasteiger partial charge in [-0.05, 0) is 37.1 Å². The van der Waals surface area contributed by atoms with Gasteiger partial charge in [0, 0.05) is 13.1 Å². The molecule has 20 heavy (non-hydrogen) atoms. The van der Waals surface area contributed by atoms with Gasteiger partial charge in [-0.1, -0.05) is 31.0 Å². The third kappa shape index (κ3) is 3.13. The lowest BCUT2D eigenvalue weighted by molar-refractivity contribution is -0.148. The van der Waals surface area contributed by atoms with Crippen LogP contribution in [0.4, 0.5) is 4.39 Å². The van der Waals surface area contributed by atoms with E-state index in [4.69, 9.17) is 11.6 Å². The molecule has 1 aliphatic heterocycles. The van der Waals surface area contributed by atoms with E-state index in [1.54, 1.807) is 12.1 Å². The molecule has 1 heterocycles. The fraction of sp³-hybridized carbons (Fsp3) is 0.533. The van der Waals surface area contributed by atoms with Crippen LogP contribution in [0, 0.1) is 11.2 Å². The maximum absolute atomic E-state index is 13.1. The summed E-state index contributed by atoms with van der Waals surface area (Å²) in [5, 5.41) is 9.57. The molecule has 1 aromatic carbocycles. The van der Waals surface area contributed by atoms with Gasteiger partial charge in [-0.2, -0.15) is 0 Å². The van der Waals surface area contributed by atoms with Crippen LogP contribution >= 0.6 is 11.6 Å². The summed E-state index contributed by atoms with van der Waals surface area (Å²) in [5.74, 6) is -1.14. The predicted octanol–water partition coefficient (Wildman–Crippen LogP) is 3.56. The molecule has 1 N–H and O–H groups in total. The third-order valence-corrected chi connectivity index (χ3v) is 4.29. The molecule has 5 heteroatoms. The average Bonchev–Trinajstić information content (AvgIpc) is 2.79. The van der Waals surface area contributed by atoms with Crippen molar-refractivity contribution in [2.24, 2.45) is 5.41 Å². The van der Waals surface area contributed by atoms with Crippen LogP contribution in [-0.4, -0.2) is 29.1 Å². The molecule has 1 aromatic rings. The predicted molar refractivity (Wildman–Crippen MR) is 76.3 cm³/mol. The zero-order valence-corrected chi connectivity index (χ0v) is 12.3. The first-order chi connectivity index (χ1) is 9.47. The van der Waals surface area contributed by atoms with E-state index in [0.717, 1.165) is 18.5 Å². The van der Waals surface area contributed by atoms with E-state index in [9.17, 15) is 14.3 Å². The molecule has 110 valence electrons. The van der Waals surface area contributed by atoms with Crippen molar-refractivity contribution in [3.8, 4) is 0 Å². The molecule has 0 amide bonds. The summed E-state index contributed by atoms with van der Waals surface area (Å²) in [7, 11) is 0. The Bertz CT molecular complexity index is 509. The molecule has 0 saturated carbocycles. The molecule has 0 aliphatic carbocycles. The topological polar surface area (TPSA) is 40.5 Å². The maximum Gasteiger partial charge on any atom is 0.310 e. The molecule has 1 fully saturated rings. The Morgan fingerprint density at radius 3 is 2.90 bits per heavy atom. The Hall–Kier alpha value is -1.13. The van der Waals surface area contributed by atoms with Crippen LogP contribution in [-0.2, 0) is 11.3 Å². The highest BCUT2D eigenvalue weighted by Crippen LogP contribution is 2.36. The highest BCUT2D eigenvalue weighted by atomic mass is 35.5. The van der Waals surface area contributed by atoms with E-state index in [2.05, 4.69) is 4.90 Å². The third-order valence-electron chi connectivity index (χ3n) is 4.01. The maximum atomic E-state index is 13.1. The van der Waals surface area contributed by atoms with Gasteiger partial charge in [0.15, 0.2) is 0 Å². The summed E-state index contributed by atoms with van der Waals surface area (Å²) in [4.78, 5) is 13.6. The summed E-state index contributed by atoms with van der Waals surface area (Å²) in [6.07, 6.45) is 2.23. The van der Waals surface area contributed by atoms with Crippen LogP contribution in [0.5, 0.6) is 0 Å². The van der Waals surface area contributed by atoms with Crippen LogP contribution in [0.1, 0.15) is 31.7 Å². The Morgan fingerprint density at radius 2 is 2.30 bits per heavy atom. The lowest BCUT2D eigenvalue weighted by Gasteiger charge is -2.24. The van der Waals surface area contributed by atoms with E-state index in [0.29, 0.717) is 25.9 Å². The molecule has 0 radical (unpaired) electrons. The van der Waals surface area contributed by atoms with Crippen molar-refractivity contribution in [2.75, 3.05) is 13.1 Å². The first-order valence-electron chi connectivity index (χ1n) is 6.86. The van der Waals surface area contributed by atoms with E-state index >= 15 is 0 Å². The van der Waals surface area contributed by atoms with E-state index < -0.39 is 17.2 Å². The fourth-order valence-corrected chi connectivity index (χ4v) is 3.16. The zero-order chi connectivity index (χ0) is 14.8. The first-order valence-corrected chi connectivity index (χ1v) is 7.24. The van der Waals surface area contributed by atoms with Crippen LogP contribution in [0.3, 0.4) is 0 Å². The molecule has 1 saturated heterocycles. The summed E-state index contributed by atoms with van der Waals surface area (Å²) in [5.41, 5.74) is 0.285. The molecule has 3 nitrogen and oxygen atoms in total. The van der Waals surface area contributed by atoms with Crippen molar-refractivity contribution < 1.29 is 14.3 Å². The zero-order valence-electron chi connectivity index (χ0n) is 11.5. The highest BCUT2D eigenvalue weighted by Gasteiger charge is 2.43. The number of aliphatic carboxylic acids is 1. The second-order valence-corrected chi connectivity index (χ2v) is 5.95. The molecule has 1 atom stereocenters. The van der Waals surface area contributed by atoms with Gasteiger partial charge in [0.2, 0.25) is 0 Å². The summed E-state index contributed by atoms with van der Waals surface area (Å²) in [6.45, 7) is 3.91. The average molecular weight is 300 g/mol. The summed E-state index contributed by atoms with van der Waals surface area (Å²) < 4.78 is 13.1. The Morgan fingerprint density at radius 1 is 1.55 bits per heavy atom. The number of nitrogens with zero attached hydrogens (tertiary/aromatic N) is 1. The number of likely N-dealkylation sites (tertiary alicyclic amines) is 1. The number of hydrogen-bond acceptors (Lipinski definition) is 2. The van der Waals surface area contributed by atoms with Crippen LogP contribution in [0.15, 0.2) is 18.2 Å². The molecule has 1 aliphatic rings. The smallest absolute Gasteiger partial charge is 0.310 e. The SMILES string of the molecule is CCCC1(C(=O)O)CCN(Cc2ccc(F)c(Cl)c2)C1. The summed E-state index contributed by atoms with van der Waals surface area (Å²) in [6, 6.07) is 4.66. The molecule has 0 bridgehead atoms. The van der Waals surface area contributed by atoms with Crippen LogP contribution in [0.2, 0.25) is 5.02 Å². The Kier molecular flexibility index (Phi) is 4.66. The van der Waals surface area contributed by atoms with Gasteiger partial charge in [0.25, 0.3) is 0 Å². The minimum atomic E-state index is -0.709. The number of halogens is 2. The van der Waals surface area contributed by atoms with Gasteiger partial charge >= 0.3 is 5.97 Å². The quantitative estimate of drug-likeness (QED) is 0.904. The molecule has 1 unspecified atom stereocenters. The number of benzene rings is 1. The van der Waals surface area contributed by atoms with Crippen molar-refractivity contribution in [2.45, 2.75) is 32.7 Å². The van der Waals surface area contributed by atoms with Gasteiger partial charge in [-0.3, -0.25) is 9.69 Å². The fourth-order valence-electron chi connectivity index (χ4n) is 2.95. The van der Waals surface area contributed by atoms with E-state index in [1.165, 1.54) is 6.07 Å². The lowest BCUT2D eigenvalue weighted by Crippen LogP contribution is -2.34. The van der Waals surface area contributed by atoms with Crippen molar-refractivity contribution in [1.29, 1.82) is 0 Å². The Balaban J connectivity index is 2.05. The second-order valence-electron chi connectivity index (χ2n) is 5.54. The van der Waals surface area contributed by atoms with E-state index in [-0.39, 0.29) is 5.02 Å². The van der Waals surface area contributed by atoms with E-state index in [1.807, 2.05) is 6.92 Å². The van der Waals surface area contributed by atoms with Crippen molar-refractivity contribution in [3.05, 3.63) is 34.6 Å². The highest BCUT2D eigenvalue weighted by molar-refractivity contribution is 6.30. The van der Waals surface area contributed by atoms with Gasteiger partial charge < -0.3 is 5.11 Å². The molecular formula is C15H19ClFNO2. The number of carboxylic acids is 1. The molecular weight excluding hydrogens is 281 g/mol. The molecule has 0 aromatic heterocycles. The van der Waals surface area contributed by atoms with Crippen LogP contribution < -0.4 is 0 Å². The number of rotatable bonds is 5. The number of carbonyl (C=O) groups is 1.